The Balaban J connectivity index is 0.00000144. The van der Waals surface area contributed by atoms with Gasteiger partial charge in [0.15, 0.2) is 0 Å². The van der Waals surface area contributed by atoms with Crippen LogP contribution in [0.5, 0.6) is 0 Å². The van der Waals surface area contributed by atoms with Gasteiger partial charge >= 0.3 is 0 Å². The lowest BCUT2D eigenvalue weighted by molar-refractivity contribution is 0.0610. The molecule has 0 spiro atoms. The van der Waals surface area contributed by atoms with E-state index in [2.05, 4.69) is 29.4 Å². The third-order valence-electron chi connectivity index (χ3n) is 2.95. The fourth-order valence-electron chi connectivity index (χ4n) is 1.98. The zero-order valence-electron chi connectivity index (χ0n) is 10.4. The molecule has 1 aromatic heterocycles. The number of halogens is 1. The fourth-order valence-corrected chi connectivity index (χ4v) is 1.98. The molecule has 1 aliphatic heterocycles. The van der Waals surface area contributed by atoms with Crippen LogP contribution in [0.25, 0.3) is 0 Å². The SMILES string of the molecule is Cc1cc(C(=O)N2CC(C)NCC2C)n[nH]1.Cl. The number of hydrogen-bond donors (Lipinski definition) is 2. The first-order valence-electron chi connectivity index (χ1n) is 5.64. The van der Waals surface area contributed by atoms with Crippen LogP contribution in [0, 0.1) is 6.92 Å². The summed E-state index contributed by atoms with van der Waals surface area (Å²) < 4.78 is 0. The van der Waals surface area contributed by atoms with Crippen molar-refractivity contribution in [2.75, 3.05) is 13.1 Å². The fraction of sp³-hybridized carbons (Fsp3) is 0.636. The lowest BCUT2D eigenvalue weighted by Gasteiger charge is -2.37. The quantitative estimate of drug-likeness (QED) is 0.789. The maximum Gasteiger partial charge on any atom is 0.274 e. The van der Waals surface area contributed by atoms with Gasteiger partial charge in [-0.25, -0.2) is 0 Å². The zero-order valence-corrected chi connectivity index (χ0v) is 11.2. The Labute approximate surface area is 107 Å². The summed E-state index contributed by atoms with van der Waals surface area (Å²) in [5.41, 5.74) is 1.43. The van der Waals surface area contributed by atoms with E-state index < -0.39 is 0 Å². The number of H-pyrrole nitrogens is 1. The minimum atomic E-state index is 0. The molecule has 5 nitrogen and oxygen atoms in total. The van der Waals surface area contributed by atoms with Crippen LogP contribution in [-0.4, -0.2) is 46.2 Å². The van der Waals surface area contributed by atoms with Gasteiger partial charge in [0.25, 0.3) is 5.91 Å². The monoisotopic (exact) mass is 258 g/mol. The van der Waals surface area contributed by atoms with Gasteiger partial charge in [0.1, 0.15) is 5.69 Å². The van der Waals surface area contributed by atoms with Gasteiger partial charge in [0, 0.05) is 30.9 Å². The number of carbonyl (C=O) groups is 1. The van der Waals surface area contributed by atoms with E-state index >= 15 is 0 Å². The molecule has 2 heterocycles. The van der Waals surface area contributed by atoms with Gasteiger partial charge in [-0.3, -0.25) is 9.89 Å². The number of nitrogens with zero attached hydrogens (tertiary/aromatic N) is 2. The molecule has 96 valence electrons. The Bertz CT molecular complexity index is 393. The lowest BCUT2D eigenvalue weighted by Crippen LogP contribution is -2.56. The van der Waals surface area contributed by atoms with Crippen molar-refractivity contribution in [2.45, 2.75) is 32.9 Å². The van der Waals surface area contributed by atoms with Crippen molar-refractivity contribution >= 4 is 18.3 Å². The molecule has 1 aromatic rings. The van der Waals surface area contributed by atoms with Gasteiger partial charge in [-0.15, -0.1) is 12.4 Å². The van der Waals surface area contributed by atoms with Crippen LogP contribution < -0.4 is 5.32 Å². The Morgan fingerprint density at radius 1 is 1.53 bits per heavy atom. The standard InChI is InChI=1S/C11H18N4O.ClH/c1-7-4-10(14-13-7)11(16)15-6-8(2)12-5-9(15)3;/h4,8-9,12H,5-6H2,1-3H3,(H,13,14);1H. The van der Waals surface area contributed by atoms with Crippen molar-refractivity contribution in [3.63, 3.8) is 0 Å². The number of carbonyl (C=O) groups excluding carboxylic acids is 1. The molecule has 17 heavy (non-hydrogen) atoms. The number of aromatic amines is 1. The second-order valence-electron chi connectivity index (χ2n) is 4.55. The van der Waals surface area contributed by atoms with Crippen molar-refractivity contribution in [2.24, 2.45) is 0 Å². The topological polar surface area (TPSA) is 61.0 Å². The molecule has 2 rings (SSSR count). The number of aromatic nitrogens is 2. The summed E-state index contributed by atoms with van der Waals surface area (Å²) in [5.74, 6) is 0.0187. The van der Waals surface area contributed by atoms with E-state index in [1.807, 2.05) is 11.8 Å². The molecule has 1 fully saturated rings. The lowest BCUT2D eigenvalue weighted by atomic mass is 10.1. The maximum absolute atomic E-state index is 12.2. The number of aryl methyl sites for hydroxylation is 1. The molecule has 1 aliphatic rings. The normalized spacial score (nSPS) is 24.3. The van der Waals surface area contributed by atoms with Gasteiger partial charge in [0.05, 0.1) is 0 Å². The Morgan fingerprint density at radius 2 is 2.24 bits per heavy atom. The second-order valence-corrected chi connectivity index (χ2v) is 4.55. The van der Waals surface area contributed by atoms with Gasteiger partial charge in [-0.1, -0.05) is 0 Å². The summed E-state index contributed by atoms with van der Waals surface area (Å²) in [6, 6.07) is 2.36. The highest BCUT2D eigenvalue weighted by atomic mass is 35.5. The smallest absolute Gasteiger partial charge is 0.274 e. The third-order valence-corrected chi connectivity index (χ3v) is 2.95. The van der Waals surface area contributed by atoms with E-state index in [0.717, 1.165) is 18.8 Å². The van der Waals surface area contributed by atoms with E-state index in [1.54, 1.807) is 6.07 Å². The number of amides is 1. The molecule has 1 amide bonds. The van der Waals surface area contributed by atoms with Gasteiger partial charge < -0.3 is 10.2 Å². The van der Waals surface area contributed by atoms with Crippen LogP contribution in [0.1, 0.15) is 30.0 Å². The first-order valence-corrected chi connectivity index (χ1v) is 5.64. The zero-order chi connectivity index (χ0) is 11.7. The molecule has 0 saturated carbocycles. The summed E-state index contributed by atoms with van der Waals surface area (Å²) in [7, 11) is 0. The van der Waals surface area contributed by atoms with E-state index in [4.69, 9.17) is 0 Å². The maximum atomic E-state index is 12.2. The largest absolute Gasteiger partial charge is 0.332 e. The first kappa shape index (κ1) is 14.0. The number of piperazine rings is 1. The molecular weight excluding hydrogens is 240 g/mol. The minimum Gasteiger partial charge on any atom is -0.332 e. The highest BCUT2D eigenvalue weighted by Crippen LogP contribution is 2.11. The van der Waals surface area contributed by atoms with Crippen LogP contribution in [-0.2, 0) is 0 Å². The molecule has 1 saturated heterocycles. The Hall–Kier alpha value is -1.07. The average molecular weight is 259 g/mol. The Morgan fingerprint density at radius 3 is 2.82 bits per heavy atom. The minimum absolute atomic E-state index is 0. The van der Waals surface area contributed by atoms with E-state index in [9.17, 15) is 4.79 Å². The molecular formula is C11H19ClN4O. The van der Waals surface area contributed by atoms with Gasteiger partial charge in [-0.05, 0) is 26.8 Å². The van der Waals surface area contributed by atoms with Crippen molar-refractivity contribution in [1.82, 2.24) is 20.4 Å². The number of hydrogen-bond acceptors (Lipinski definition) is 3. The molecule has 2 N–H and O–H groups in total. The summed E-state index contributed by atoms with van der Waals surface area (Å²) in [5, 5.41) is 10.2. The van der Waals surface area contributed by atoms with Crippen LogP contribution in [0.4, 0.5) is 0 Å². The number of nitrogens with one attached hydrogen (secondary N) is 2. The second kappa shape index (κ2) is 5.51. The van der Waals surface area contributed by atoms with Crippen molar-refractivity contribution in [1.29, 1.82) is 0 Å². The van der Waals surface area contributed by atoms with Crippen molar-refractivity contribution in [3.05, 3.63) is 17.5 Å². The third kappa shape index (κ3) is 2.98. The van der Waals surface area contributed by atoms with Gasteiger partial charge in [-0.2, -0.15) is 5.10 Å². The molecule has 0 bridgehead atoms. The highest BCUT2D eigenvalue weighted by molar-refractivity contribution is 5.92. The summed E-state index contributed by atoms with van der Waals surface area (Å²) >= 11 is 0. The molecule has 6 heteroatoms. The first-order chi connectivity index (χ1) is 7.58. The molecule has 2 atom stereocenters. The number of rotatable bonds is 1. The van der Waals surface area contributed by atoms with E-state index in [1.165, 1.54) is 0 Å². The predicted molar refractivity (Wildman–Crippen MR) is 68.5 cm³/mol. The Kier molecular flexibility index (Phi) is 4.54. The van der Waals surface area contributed by atoms with Crippen molar-refractivity contribution < 1.29 is 4.79 Å². The van der Waals surface area contributed by atoms with Crippen LogP contribution in [0.2, 0.25) is 0 Å². The van der Waals surface area contributed by atoms with E-state index in [0.29, 0.717) is 11.7 Å². The van der Waals surface area contributed by atoms with Crippen LogP contribution >= 0.6 is 12.4 Å². The molecule has 0 aromatic carbocycles. The van der Waals surface area contributed by atoms with Crippen LogP contribution in [0.15, 0.2) is 6.07 Å². The summed E-state index contributed by atoms with van der Waals surface area (Å²) in [6.45, 7) is 7.62. The summed E-state index contributed by atoms with van der Waals surface area (Å²) in [4.78, 5) is 14.1. The summed E-state index contributed by atoms with van der Waals surface area (Å²) in [6.07, 6.45) is 0. The van der Waals surface area contributed by atoms with Crippen molar-refractivity contribution in [3.8, 4) is 0 Å². The highest BCUT2D eigenvalue weighted by Gasteiger charge is 2.28. The predicted octanol–water partition coefficient (Wildman–Crippen LogP) is 0.962. The molecule has 0 radical (unpaired) electrons. The van der Waals surface area contributed by atoms with E-state index in [-0.39, 0.29) is 24.4 Å². The van der Waals surface area contributed by atoms with Gasteiger partial charge in [0.2, 0.25) is 0 Å². The van der Waals surface area contributed by atoms with Crippen LogP contribution in [0.3, 0.4) is 0 Å². The average Bonchev–Trinajstić information content (AvgIpc) is 2.67. The molecule has 2 unspecified atom stereocenters. The molecule has 0 aliphatic carbocycles.